The molecule has 15 nitrogen and oxygen atoms in total. The maximum atomic E-state index is 16.2. The maximum Gasteiger partial charge on any atom is 0.347 e. The van der Waals surface area contributed by atoms with Gasteiger partial charge in [-0.25, -0.2) is 27.6 Å². The van der Waals surface area contributed by atoms with E-state index in [0.717, 1.165) is 127 Å². The van der Waals surface area contributed by atoms with Crippen LogP contribution in [0.15, 0.2) is 91.0 Å². The minimum atomic E-state index is -0.838. The fourth-order valence-electron chi connectivity index (χ4n) is 15.7. The van der Waals surface area contributed by atoms with Crippen molar-refractivity contribution in [1.82, 2.24) is 0 Å². The van der Waals surface area contributed by atoms with Crippen molar-refractivity contribution >= 4 is 65.5 Å². The average Bonchev–Trinajstić information content (AvgIpc) is 0.746. The van der Waals surface area contributed by atoms with E-state index in [2.05, 4.69) is 52.6 Å². The van der Waals surface area contributed by atoms with Crippen molar-refractivity contribution in [3.8, 4) is 39.9 Å². The number of unbranched alkanes of at least 4 members (excludes halogenated alkanes) is 9. The molecule has 648 valence electrons. The third-order valence-electron chi connectivity index (χ3n) is 22.6. The molecule has 3 saturated carbocycles. The topological polar surface area (TPSA) is 166 Å². The van der Waals surface area contributed by atoms with Gasteiger partial charge in [0.15, 0.2) is 47.9 Å². The summed E-state index contributed by atoms with van der Waals surface area (Å²) in [5, 5.41) is 0.689. The van der Waals surface area contributed by atoms with Gasteiger partial charge in [-0.1, -0.05) is 168 Å². The lowest BCUT2D eigenvalue weighted by atomic mass is 9.76. The number of carbonyl (C=O) groups excluding carboxylic acids is 2. The Hall–Kier alpha value is -6.89. The number of benzene rings is 6. The highest BCUT2D eigenvalue weighted by Gasteiger charge is 2.33. The van der Waals surface area contributed by atoms with Gasteiger partial charge in [0.25, 0.3) is 0 Å². The first kappa shape index (κ1) is 97.2. The summed E-state index contributed by atoms with van der Waals surface area (Å²) in [5.74, 6) is -2.27. The van der Waals surface area contributed by atoms with Gasteiger partial charge in [0.2, 0.25) is 17.5 Å². The molecule has 0 bridgehead atoms. The molecule has 0 unspecified atom stereocenters. The van der Waals surface area contributed by atoms with Crippen LogP contribution >= 0.6 is 31.9 Å². The van der Waals surface area contributed by atoms with E-state index in [-0.39, 0.29) is 99.9 Å². The number of hydrogen-bond donors (Lipinski definition) is 0. The van der Waals surface area contributed by atoms with Gasteiger partial charge in [-0.2, -0.15) is 13.2 Å². The first-order valence-corrected chi connectivity index (χ1v) is 44.3. The zero-order valence-corrected chi connectivity index (χ0v) is 73.8. The average molecular weight is 1770 g/mol. The molecule has 23 heteroatoms. The Morgan fingerprint density at radius 3 is 1.21 bits per heavy atom. The molecule has 117 heavy (non-hydrogen) atoms. The van der Waals surface area contributed by atoms with Crippen LogP contribution < -0.4 is 29.3 Å². The maximum absolute atomic E-state index is 16.2. The second kappa shape index (κ2) is 53.0. The minimum absolute atomic E-state index is 0.0153. The van der Waals surface area contributed by atoms with E-state index in [1.54, 1.807) is 68.8 Å². The van der Waals surface area contributed by atoms with Crippen molar-refractivity contribution < 1.29 is 92.5 Å². The van der Waals surface area contributed by atoms with Crippen LogP contribution in [0.25, 0.3) is 32.9 Å². The molecule has 6 aromatic carbocycles. The Morgan fingerprint density at radius 2 is 0.752 bits per heavy atom. The molecule has 0 atom stereocenters. The van der Waals surface area contributed by atoms with E-state index in [9.17, 15) is 27.6 Å². The quantitative estimate of drug-likeness (QED) is 0.00885. The van der Waals surface area contributed by atoms with Crippen molar-refractivity contribution in [3.63, 3.8) is 0 Å². The van der Waals surface area contributed by atoms with E-state index in [1.807, 2.05) is 26.8 Å². The molecule has 0 spiro atoms. The van der Waals surface area contributed by atoms with Crippen LogP contribution in [-0.2, 0) is 28.4 Å². The van der Waals surface area contributed by atoms with E-state index in [0.29, 0.717) is 82.0 Å². The highest BCUT2D eigenvalue weighted by molar-refractivity contribution is 9.10. The van der Waals surface area contributed by atoms with Gasteiger partial charge in [0.05, 0.1) is 64.9 Å². The second-order valence-electron chi connectivity index (χ2n) is 30.8. The van der Waals surface area contributed by atoms with Crippen molar-refractivity contribution in [3.05, 3.63) is 155 Å². The van der Waals surface area contributed by atoms with Crippen LogP contribution in [0.2, 0.25) is 0 Å². The molecule has 10 rings (SSSR count). The molecule has 3 aliphatic rings. The van der Waals surface area contributed by atoms with Gasteiger partial charge < -0.3 is 56.5 Å². The van der Waals surface area contributed by atoms with Crippen LogP contribution in [0.3, 0.4) is 0 Å². The summed E-state index contributed by atoms with van der Waals surface area (Å²) < 4.78 is 155. The van der Waals surface area contributed by atoms with E-state index >= 15 is 13.2 Å². The second-order valence-corrected chi connectivity index (χ2v) is 32.5. The lowest BCUT2D eigenvalue weighted by Crippen LogP contribution is -2.17. The number of esters is 2. The van der Waals surface area contributed by atoms with Gasteiger partial charge in [-0.15, -0.1) is 0 Å². The van der Waals surface area contributed by atoms with Gasteiger partial charge >= 0.3 is 17.6 Å². The molecule has 3 aliphatic carbocycles. The number of rotatable bonds is 42. The molecule has 0 amide bonds. The van der Waals surface area contributed by atoms with Crippen LogP contribution in [0.4, 0.5) is 26.3 Å². The summed E-state index contributed by atoms with van der Waals surface area (Å²) in [7, 11) is 5.62. The summed E-state index contributed by atoms with van der Waals surface area (Å²) in [6.45, 7) is 15.1. The molecule has 0 saturated heterocycles. The highest BCUT2D eigenvalue weighted by Crippen LogP contribution is 2.47. The largest absolute Gasteiger partial charge is 0.490 e. The molecule has 7 aromatic rings. The predicted octanol–water partition coefficient (Wildman–Crippen LogP) is 26.7. The smallest absolute Gasteiger partial charge is 0.347 e. The molecule has 1 aromatic heterocycles. The molecule has 0 N–H and O–H groups in total. The number of ether oxygens (including phenoxy) is 11. The minimum Gasteiger partial charge on any atom is -0.490 e. The molecule has 1 heterocycles. The van der Waals surface area contributed by atoms with Crippen molar-refractivity contribution in [2.75, 3.05) is 88.3 Å². The number of hydrogen-bond acceptors (Lipinski definition) is 15. The third-order valence-corrected chi connectivity index (χ3v) is 23.9. The van der Waals surface area contributed by atoms with Crippen LogP contribution in [-0.4, -0.2) is 100 Å². The summed E-state index contributed by atoms with van der Waals surface area (Å²) in [5.41, 5.74) is 0.946. The number of halogens is 8. The van der Waals surface area contributed by atoms with Crippen molar-refractivity contribution in [2.24, 2.45) is 17.8 Å². The molecular formula is C94H126Br2F6O15. The Bertz CT molecular complexity index is 4210. The fraction of sp³-hybridized carbons (Fsp3) is 0.585. The van der Waals surface area contributed by atoms with E-state index < -0.39 is 52.5 Å². The SMILES string of the molecule is CCCCCC1CCC(c2ccc(-c3ccc(OCCCC)c(F)c3OCOCCOC)c(C(=O)OC)c2F)CC1.CCCCCC1CCC(c2ccc(Br)c(C(=O)OC)c2F)CC1.CCCCCC1CCC(c2ccc3c(c2F)c(=O)oc2c(F)c(OCCCC)ccc23)CC1.CCCCOc1ccc(Br)c(OCOCCOC)c1F. The number of methoxy groups -OCH3 is 4. The van der Waals surface area contributed by atoms with E-state index in [4.69, 9.17) is 56.5 Å². The van der Waals surface area contributed by atoms with Gasteiger partial charge in [0.1, 0.15) is 34.0 Å². The molecular weight excluding hydrogens is 1640 g/mol. The standard InChI is InChI=1S/C33H46F2O6.C28H34F2O3.C19H26BrFO2.C14H20BrFO4/c1-5-7-9-10-23-11-13-24(14-12-23)25-15-16-26(29(30(25)34)33(36)38-4)27-17-18-28(40-19-8-6-2)31(35)32(27)41-22-39-21-20-37-3;1-3-5-7-8-18-9-11-19(12-10-18)20-13-14-21-22-15-16-23(32-17-6-4-2)26(30)27(22)33-28(31)24(21)25(20)29;1-3-4-5-6-13-7-9-14(10-8-13)15-11-12-16(20)17(18(15)21)19(22)23-2;1-3-4-7-19-12-6-5-11(15)14(13(12)16)20-10-18-9-8-17-2/h15-18,23-24H,5-14,19-22H2,1-4H3;13-16,18-19H,3-12,17H2,1-2H3;11-14H,3-10H2,1-2H3;5-6H,3-4,7-10H2,1-2H3. The summed E-state index contributed by atoms with van der Waals surface area (Å²) in [6.07, 6.45) is 32.6. The van der Waals surface area contributed by atoms with E-state index in [1.165, 1.54) is 103 Å². The predicted molar refractivity (Wildman–Crippen MR) is 457 cm³/mol. The van der Waals surface area contributed by atoms with Gasteiger partial charge in [-0.05, 0) is 223 Å². The zero-order chi connectivity index (χ0) is 84.6. The Labute approximate surface area is 706 Å². The van der Waals surface area contributed by atoms with Crippen molar-refractivity contribution in [1.29, 1.82) is 0 Å². The Morgan fingerprint density at radius 1 is 0.376 bits per heavy atom. The molecule has 3 fully saturated rings. The van der Waals surface area contributed by atoms with Crippen LogP contribution in [0, 0.1) is 52.7 Å². The van der Waals surface area contributed by atoms with Gasteiger partial charge in [0, 0.05) is 40.6 Å². The summed E-state index contributed by atoms with van der Waals surface area (Å²) >= 11 is 6.50. The Kier molecular flexibility index (Phi) is 44.1. The lowest BCUT2D eigenvalue weighted by Gasteiger charge is -2.29. The highest BCUT2D eigenvalue weighted by atomic mass is 79.9. The third kappa shape index (κ3) is 28.6. The zero-order valence-electron chi connectivity index (χ0n) is 70.6. The number of fused-ring (bicyclic) bond motifs is 3. The van der Waals surface area contributed by atoms with Gasteiger partial charge in [-0.3, -0.25) is 0 Å². The monoisotopic (exact) mass is 1770 g/mol. The molecule has 0 aliphatic heterocycles. The van der Waals surface area contributed by atoms with Crippen LogP contribution in [0.5, 0.6) is 28.7 Å². The summed E-state index contributed by atoms with van der Waals surface area (Å²) in [4.78, 5) is 37.5. The lowest BCUT2D eigenvalue weighted by molar-refractivity contribution is -0.0106. The van der Waals surface area contributed by atoms with Crippen LogP contribution in [0.1, 0.15) is 289 Å². The van der Waals surface area contributed by atoms with Crippen molar-refractivity contribution in [2.45, 2.75) is 252 Å². The first-order valence-electron chi connectivity index (χ1n) is 42.7. The first-order chi connectivity index (χ1) is 56.8. The number of carbonyl (C=O) groups is 2. The Balaban J connectivity index is 0.000000224. The normalized spacial score (nSPS) is 17.2. The summed E-state index contributed by atoms with van der Waals surface area (Å²) in [6, 6.07) is 20.0. The fourth-order valence-corrected chi connectivity index (χ4v) is 16.6. The molecule has 0 radical (unpaired) electrons.